The van der Waals surface area contributed by atoms with Gasteiger partial charge in [0.1, 0.15) is 0 Å². The van der Waals surface area contributed by atoms with E-state index in [0.717, 1.165) is 0 Å². The molecule has 5 heteroatoms. The molecule has 0 N–H and O–H groups in total. The molecule has 2 unspecified atom stereocenters. The Labute approximate surface area is 121 Å². The largest absolute Gasteiger partial charge is 0.453 e. The molecule has 2 saturated carbocycles. The number of carbonyl (C=O) groups excluding carboxylic acids is 2. The number of allylic oxidation sites excluding steroid dienone is 1. The summed E-state index contributed by atoms with van der Waals surface area (Å²) in [5.74, 6) is -0.252. The number of hydrogen-bond donors (Lipinski definition) is 0. The lowest BCUT2D eigenvalue weighted by atomic mass is 9.48. The highest BCUT2D eigenvalue weighted by Crippen LogP contribution is 2.81. The highest BCUT2D eigenvalue weighted by molar-refractivity contribution is 6.35. The van der Waals surface area contributed by atoms with Crippen LogP contribution in [0.2, 0.25) is 0 Å². The van der Waals surface area contributed by atoms with Crippen molar-refractivity contribution in [3.8, 4) is 0 Å². The van der Waals surface area contributed by atoms with Crippen LogP contribution in [0.3, 0.4) is 0 Å². The monoisotopic (exact) mass is 300 g/mol. The van der Waals surface area contributed by atoms with Crippen molar-refractivity contribution in [1.82, 2.24) is 0 Å². The van der Waals surface area contributed by atoms with Gasteiger partial charge in [-0.3, -0.25) is 9.59 Å². The van der Waals surface area contributed by atoms with Gasteiger partial charge < -0.3 is 4.74 Å². The molecule has 0 aromatic heterocycles. The van der Waals surface area contributed by atoms with Gasteiger partial charge in [-0.25, -0.2) is 0 Å². The molecule has 3 nitrogen and oxygen atoms in total. The average molecular weight is 301 g/mol. The Morgan fingerprint density at radius 1 is 1.26 bits per heavy atom. The van der Waals surface area contributed by atoms with Crippen LogP contribution in [0.15, 0.2) is 12.2 Å². The Bertz CT molecular complexity index is 573. The van der Waals surface area contributed by atoms with E-state index in [1.807, 2.05) is 26.0 Å². The Morgan fingerprint density at radius 3 is 2.63 bits per heavy atom. The maximum Gasteiger partial charge on any atom is 0.307 e. The Balaban J connectivity index is 2.04. The fourth-order valence-electron chi connectivity index (χ4n) is 5.16. The van der Waals surface area contributed by atoms with E-state index in [9.17, 15) is 9.59 Å². The van der Waals surface area contributed by atoms with Gasteiger partial charge in [0.2, 0.25) is 0 Å². The number of Topliss-reactive ketones (excluding diaryl/α,β-unsaturated/α-hetero) is 1. The number of ketones is 1. The average Bonchev–Trinajstić information content (AvgIpc) is 2.89. The molecule has 0 spiro atoms. The molecule has 19 heavy (non-hydrogen) atoms. The minimum atomic E-state index is -0.888. The number of alkyl halides is 2. The third kappa shape index (κ3) is 0.795. The van der Waals surface area contributed by atoms with Crippen LogP contribution in [0.5, 0.6) is 0 Å². The highest BCUT2D eigenvalue weighted by Gasteiger charge is 2.91. The second-order valence-electron chi connectivity index (χ2n) is 6.61. The summed E-state index contributed by atoms with van der Waals surface area (Å²) in [7, 11) is 0. The molecule has 6 atom stereocenters. The van der Waals surface area contributed by atoms with Gasteiger partial charge in [0.15, 0.2) is 11.4 Å². The number of fused-ring (bicyclic) bond motifs is 1. The van der Waals surface area contributed by atoms with Crippen LogP contribution in [0.1, 0.15) is 26.7 Å². The summed E-state index contributed by atoms with van der Waals surface area (Å²) in [5, 5.41) is -0.783. The summed E-state index contributed by atoms with van der Waals surface area (Å²) in [6.07, 6.45) is 4.53. The Hall–Kier alpha value is -0.540. The molecule has 0 aromatic rings. The zero-order valence-corrected chi connectivity index (χ0v) is 12.2. The molecule has 0 aromatic carbocycles. The first kappa shape index (κ1) is 12.2. The lowest BCUT2D eigenvalue weighted by Crippen LogP contribution is -2.71. The third-order valence-electron chi connectivity index (χ3n) is 6.37. The van der Waals surface area contributed by atoms with Crippen LogP contribution < -0.4 is 0 Å². The van der Waals surface area contributed by atoms with Crippen LogP contribution in [0.25, 0.3) is 0 Å². The van der Waals surface area contributed by atoms with E-state index >= 15 is 0 Å². The standard InChI is InChI=1S/C14H14Cl2O3/c1-11-8(15)9(16)12(11,2)14-5-3-4-13(14,10(11)18)6-7(17)19-14/h3,5,8-9H,4,6H2,1-2H3/t8?,9?,11-,12-,13-,14-/m1/s1. The minimum Gasteiger partial charge on any atom is -0.453 e. The maximum absolute atomic E-state index is 13.1. The Morgan fingerprint density at radius 2 is 1.95 bits per heavy atom. The quantitative estimate of drug-likeness (QED) is 0.392. The van der Waals surface area contributed by atoms with Crippen molar-refractivity contribution in [2.45, 2.75) is 43.0 Å². The zero-order valence-electron chi connectivity index (χ0n) is 10.7. The van der Waals surface area contributed by atoms with Gasteiger partial charge in [-0.05, 0) is 12.5 Å². The van der Waals surface area contributed by atoms with Crippen molar-refractivity contribution in [3.05, 3.63) is 12.2 Å². The second kappa shape index (κ2) is 2.89. The van der Waals surface area contributed by atoms with Gasteiger partial charge in [0.25, 0.3) is 0 Å². The van der Waals surface area contributed by atoms with Gasteiger partial charge in [0, 0.05) is 5.41 Å². The molecule has 0 radical (unpaired) electrons. The first-order valence-corrected chi connectivity index (χ1v) is 7.38. The molecule has 4 rings (SSSR count). The molecule has 4 aliphatic rings. The van der Waals surface area contributed by atoms with Crippen molar-refractivity contribution < 1.29 is 14.3 Å². The number of rotatable bonds is 0. The predicted molar refractivity (Wildman–Crippen MR) is 70.1 cm³/mol. The summed E-state index contributed by atoms with van der Waals surface area (Å²) in [5.41, 5.74) is -3.00. The van der Waals surface area contributed by atoms with E-state index in [-0.39, 0.29) is 23.6 Å². The molecule has 0 amide bonds. The Kier molecular flexibility index (Phi) is 1.86. The van der Waals surface area contributed by atoms with Crippen LogP contribution in [0.4, 0.5) is 0 Å². The molecule has 1 heterocycles. The van der Waals surface area contributed by atoms with Crippen LogP contribution in [-0.2, 0) is 14.3 Å². The molecular formula is C14H14Cl2O3. The van der Waals surface area contributed by atoms with Crippen LogP contribution >= 0.6 is 23.2 Å². The summed E-state index contributed by atoms with van der Waals surface area (Å²) in [6.45, 7) is 3.82. The summed E-state index contributed by atoms with van der Waals surface area (Å²) < 4.78 is 5.69. The number of hydrogen-bond acceptors (Lipinski definition) is 3. The van der Waals surface area contributed by atoms with Crippen LogP contribution in [-0.4, -0.2) is 28.1 Å². The van der Waals surface area contributed by atoms with E-state index in [1.165, 1.54) is 0 Å². The molecular weight excluding hydrogens is 287 g/mol. The molecule has 3 fully saturated rings. The molecule has 102 valence electrons. The summed E-state index contributed by atoms with van der Waals surface area (Å²) >= 11 is 12.8. The normalized spacial score (nSPS) is 61.5. The number of halogens is 2. The fraction of sp³-hybridized carbons (Fsp3) is 0.714. The third-order valence-corrected chi connectivity index (χ3v) is 7.87. The van der Waals surface area contributed by atoms with Crippen molar-refractivity contribution in [2.24, 2.45) is 16.2 Å². The number of esters is 1. The predicted octanol–water partition coefficient (Wildman–Crippen LogP) is 2.44. The molecule has 3 aliphatic carbocycles. The molecule has 1 saturated heterocycles. The van der Waals surface area contributed by atoms with Gasteiger partial charge >= 0.3 is 5.97 Å². The number of ether oxygens (including phenoxy) is 1. The van der Waals surface area contributed by atoms with Gasteiger partial charge in [-0.2, -0.15) is 0 Å². The van der Waals surface area contributed by atoms with Gasteiger partial charge in [0.05, 0.1) is 28.0 Å². The fourth-order valence-corrected chi connectivity index (χ4v) is 6.38. The van der Waals surface area contributed by atoms with Crippen molar-refractivity contribution in [3.63, 3.8) is 0 Å². The molecule has 0 bridgehead atoms. The topological polar surface area (TPSA) is 43.4 Å². The molecule has 1 aliphatic heterocycles. The van der Waals surface area contributed by atoms with Crippen molar-refractivity contribution in [1.29, 1.82) is 0 Å². The second-order valence-corrected chi connectivity index (χ2v) is 7.55. The minimum absolute atomic E-state index is 0.0512. The van der Waals surface area contributed by atoms with Crippen molar-refractivity contribution in [2.75, 3.05) is 0 Å². The number of carbonyl (C=O) groups is 2. The smallest absolute Gasteiger partial charge is 0.307 e. The highest BCUT2D eigenvalue weighted by atomic mass is 35.5. The zero-order chi connectivity index (χ0) is 13.8. The van der Waals surface area contributed by atoms with Gasteiger partial charge in [-0.1, -0.05) is 19.9 Å². The lowest BCUT2D eigenvalue weighted by Gasteiger charge is -2.61. The van der Waals surface area contributed by atoms with E-state index in [0.29, 0.717) is 6.42 Å². The van der Waals surface area contributed by atoms with E-state index < -0.39 is 27.2 Å². The first-order chi connectivity index (χ1) is 8.78. The first-order valence-electron chi connectivity index (χ1n) is 6.50. The van der Waals surface area contributed by atoms with E-state index in [1.54, 1.807) is 0 Å². The van der Waals surface area contributed by atoms with Gasteiger partial charge in [-0.15, -0.1) is 23.2 Å². The summed E-state index contributed by atoms with van der Waals surface area (Å²) in [4.78, 5) is 24.9. The summed E-state index contributed by atoms with van der Waals surface area (Å²) in [6, 6.07) is 0. The van der Waals surface area contributed by atoms with E-state index in [2.05, 4.69) is 0 Å². The van der Waals surface area contributed by atoms with E-state index in [4.69, 9.17) is 27.9 Å². The van der Waals surface area contributed by atoms with Crippen molar-refractivity contribution >= 4 is 35.0 Å². The van der Waals surface area contributed by atoms with Crippen LogP contribution in [0, 0.1) is 16.2 Å². The lowest BCUT2D eigenvalue weighted by molar-refractivity contribution is -0.173. The SMILES string of the molecule is C[C@@]12C(Cl)C(Cl)[C@]1(C)C(=O)[C@]13CC=C[C@]12OC(=O)C3. The maximum atomic E-state index is 13.1.